The van der Waals surface area contributed by atoms with Gasteiger partial charge in [-0.05, 0) is 43.4 Å². The van der Waals surface area contributed by atoms with Crippen molar-refractivity contribution in [2.45, 2.75) is 0 Å². The predicted molar refractivity (Wildman–Crippen MR) is 109 cm³/mol. The average Bonchev–Trinajstić information content (AvgIpc) is 3.07. The van der Waals surface area contributed by atoms with Gasteiger partial charge in [0.1, 0.15) is 23.0 Å². The van der Waals surface area contributed by atoms with Crippen LogP contribution in [0.3, 0.4) is 0 Å². The molecule has 3 aromatic heterocycles. The molecule has 4 heterocycles. The number of aromatic nitrogens is 2. The van der Waals surface area contributed by atoms with E-state index >= 15 is 0 Å². The molecule has 6 nitrogen and oxygen atoms in total. The van der Waals surface area contributed by atoms with Crippen LogP contribution < -0.4 is 10.2 Å². The number of nitrogens with zero attached hydrogens (tertiary/aromatic N) is 4. The van der Waals surface area contributed by atoms with E-state index in [2.05, 4.69) is 38.2 Å². The van der Waals surface area contributed by atoms with Crippen molar-refractivity contribution in [2.24, 2.45) is 0 Å². The van der Waals surface area contributed by atoms with Gasteiger partial charge in [-0.15, -0.1) is 0 Å². The molecule has 0 amide bonds. The molecule has 1 aliphatic rings. The zero-order valence-electron chi connectivity index (χ0n) is 15.5. The quantitative estimate of drug-likeness (QED) is 0.582. The third-order valence-electron chi connectivity index (χ3n) is 5.19. The molecule has 1 aliphatic heterocycles. The molecule has 0 saturated carbocycles. The molecule has 1 N–H and O–H groups in total. The standard InChI is InChI=1S/C21H20FN5O/c1-26-6-8-27(9-7-26)15-3-5-20(23-12-15)25-21-11-17-16-10-14(22)2-4-18(16)28-19(17)13-24-21/h2-5,10-13H,6-9H2,1H3,(H,23,24,25). The highest BCUT2D eigenvalue weighted by Gasteiger charge is 2.14. The van der Waals surface area contributed by atoms with Crippen molar-refractivity contribution < 1.29 is 8.81 Å². The third-order valence-corrected chi connectivity index (χ3v) is 5.19. The second-order valence-corrected chi connectivity index (χ2v) is 7.13. The lowest BCUT2D eigenvalue weighted by Crippen LogP contribution is -2.44. The lowest BCUT2D eigenvalue weighted by atomic mass is 10.2. The molecule has 0 aliphatic carbocycles. The molecule has 5 rings (SSSR count). The van der Waals surface area contributed by atoms with Crippen molar-refractivity contribution >= 4 is 39.3 Å². The van der Waals surface area contributed by atoms with Crippen molar-refractivity contribution in [3.05, 3.63) is 54.6 Å². The van der Waals surface area contributed by atoms with Gasteiger partial charge in [-0.2, -0.15) is 0 Å². The molecular formula is C21H20FN5O. The fourth-order valence-corrected chi connectivity index (χ4v) is 3.57. The second kappa shape index (κ2) is 6.76. The minimum absolute atomic E-state index is 0.289. The van der Waals surface area contributed by atoms with Crippen LogP contribution in [-0.4, -0.2) is 48.1 Å². The third kappa shape index (κ3) is 3.14. The molecule has 0 unspecified atom stereocenters. The summed E-state index contributed by atoms with van der Waals surface area (Å²) in [6.07, 6.45) is 3.53. The van der Waals surface area contributed by atoms with E-state index in [0.29, 0.717) is 22.8 Å². The Morgan fingerprint density at radius 3 is 2.46 bits per heavy atom. The number of likely N-dealkylation sites (N-methyl/N-ethyl adjacent to an activating group) is 1. The predicted octanol–water partition coefficient (Wildman–Crippen LogP) is 4.01. The summed E-state index contributed by atoms with van der Waals surface area (Å²) in [5.41, 5.74) is 2.40. The molecule has 1 aromatic carbocycles. The highest BCUT2D eigenvalue weighted by Crippen LogP contribution is 2.30. The van der Waals surface area contributed by atoms with Gasteiger partial charge in [0.05, 0.1) is 18.1 Å². The smallest absolute Gasteiger partial charge is 0.153 e. The normalized spacial score (nSPS) is 15.4. The summed E-state index contributed by atoms with van der Waals surface area (Å²) in [4.78, 5) is 13.6. The minimum atomic E-state index is -0.289. The summed E-state index contributed by atoms with van der Waals surface area (Å²) in [7, 11) is 2.14. The highest BCUT2D eigenvalue weighted by molar-refractivity contribution is 6.05. The molecule has 0 radical (unpaired) electrons. The first kappa shape index (κ1) is 16.9. The molecule has 1 fully saturated rings. The van der Waals surface area contributed by atoms with Crippen molar-refractivity contribution in [3.63, 3.8) is 0 Å². The van der Waals surface area contributed by atoms with E-state index < -0.39 is 0 Å². The number of benzene rings is 1. The molecule has 4 aromatic rings. The molecule has 142 valence electrons. The molecule has 1 saturated heterocycles. The van der Waals surface area contributed by atoms with Gasteiger partial charge in [-0.1, -0.05) is 0 Å². The summed E-state index contributed by atoms with van der Waals surface area (Å²) >= 11 is 0. The van der Waals surface area contributed by atoms with E-state index in [1.165, 1.54) is 12.1 Å². The monoisotopic (exact) mass is 377 g/mol. The first-order valence-corrected chi connectivity index (χ1v) is 9.30. The summed E-state index contributed by atoms with van der Waals surface area (Å²) in [5.74, 6) is 1.06. The molecular weight excluding hydrogens is 357 g/mol. The first-order valence-electron chi connectivity index (χ1n) is 9.30. The van der Waals surface area contributed by atoms with E-state index in [1.54, 1.807) is 12.3 Å². The van der Waals surface area contributed by atoms with Gasteiger partial charge >= 0.3 is 0 Å². The largest absolute Gasteiger partial charge is 0.454 e. The van der Waals surface area contributed by atoms with Crippen molar-refractivity contribution in [3.8, 4) is 0 Å². The van der Waals surface area contributed by atoms with Crippen LogP contribution in [0.4, 0.5) is 21.7 Å². The van der Waals surface area contributed by atoms with Gasteiger partial charge in [0, 0.05) is 37.0 Å². The van der Waals surface area contributed by atoms with Crippen LogP contribution in [0.1, 0.15) is 0 Å². The van der Waals surface area contributed by atoms with Crippen LogP contribution in [0.15, 0.2) is 53.2 Å². The number of anilines is 3. The number of piperazine rings is 1. The van der Waals surface area contributed by atoms with Gasteiger partial charge in [-0.25, -0.2) is 14.4 Å². The average molecular weight is 377 g/mol. The zero-order chi connectivity index (χ0) is 19.1. The van der Waals surface area contributed by atoms with Crippen LogP contribution in [0.2, 0.25) is 0 Å². The second-order valence-electron chi connectivity index (χ2n) is 7.13. The van der Waals surface area contributed by atoms with Crippen LogP contribution in [0.5, 0.6) is 0 Å². The van der Waals surface area contributed by atoms with Crippen LogP contribution in [0, 0.1) is 5.82 Å². The Hall–Kier alpha value is -3.19. The summed E-state index contributed by atoms with van der Waals surface area (Å²) in [5, 5.41) is 4.77. The molecule has 0 bridgehead atoms. The summed E-state index contributed by atoms with van der Waals surface area (Å²) < 4.78 is 19.3. The van der Waals surface area contributed by atoms with Crippen molar-refractivity contribution in [2.75, 3.05) is 43.4 Å². The summed E-state index contributed by atoms with van der Waals surface area (Å²) in [6.45, 7) is 4.13. The van der Waals surface area contributed by atoms with Gasteiger partial charge in [0.25, 0.3) is 0 Å². The van der Waals surface area contributed by atoms with Gasteiger partial charge < -0.3 is 19.5 Å². The van der Waals surface area contributed by atoms with Crippen molar-refractivity contribution in [1.82, 2.24) is 14.9 Å². The van der Waals surface area contributed by atoms with E-state index in [4.69, 9.17) is 4.42 Å². The van der Waals surface area contributed by atoms with Gasteiger partial charge in [0.15, 0.2) is 5.58 Å². The number of hydrogen-bond acceptors (Lipinski definition) is 6. The van der Waals surface area contributed by atoms with Crippen LogP contribution >= 0.6 is 0 Å². The summed E-state index contributed by atoms with van der Waals surface area (Å²) in [6, 6.07) is 10.4. The molecule has 28 heavy (non-hydrogen) atoms. The van der Waals surface area contributed by atoms with Gasteiger partial charge in [-0.3, -0.25) is 0 Å². The number of fused-ring (bicyclic) bond motifs is 3. The Labute approximate surface area is 161 Å². The first-order chi connectivity index (χ1) is 13.7. The number of furan rings is 1. The van der Waals surface area contributed by atoms with Crippen LogP contribution in [-0.2, 0) is 0 Å². The van der Waals surface area contributed by atoms with Gasteiger partial charge in [0.2, 0.25) is 0 Å². The topological polar surface area (TPSA) is 57.4 Å². The number of hydrogen-bond donors (Lipinski definition) is 1. The maximum absolute atomic E-state index is 13.6. The Bertz CT molecular complexity index is 1130. The number of halogens is 1. The SMILES string of the molecule is CN1CCN(c2ccc(Nc3cc4c(cn3)oc3ccc(F)cc34)nc2)CC1. The maximum atomic E-state index is 13.6. The highest BCUT2D eigenvalue weighted by atomic mass is 19.1. The Morgan fingerprint density at radius 2 is 1.68 bits per heavy atom. The number of rotatable bonds is 3. The van der Waals surface area contributed by atoms with E-state index in [-0.39, 0.29) is 5.82 Å². The maximum Gasteiger partial charge on any atom is 0.153 e. The van der Waals surface area contributed by atoms with Crippen LogP contribution in [0.25, 0.3) is 21.9 Å². The fraction of sp³-hybridized carbons (Fsp3) is 0.238. The van der Waals surface area contributed by atoms with E-state index in [1.807, 2.05) is 18.3 Å². The fourth-order valence-electron chi connectivity index (χ4n) is 3.57. The van der Waals surface area contributed by atoms with Crippen molar-refractivity contribution in [1.29, 1.82) is 0 Å². The number of nitrogens with one attached hydrogen (secondary N) is 1. The Balaban J connectivity index is 1.39. The number of pyridine rings is 2. The van der Waals surface area contributed by atoms with E-state index in [0.717, 1.165) is 42.6 Å². The zero-order valence-corrected chi connectivity index (χ0v) is 15.5. The molecule has 0 atom stereocenters. The lowest BCUT2D eigenvalue weighted by molar-refractivity contribution is 0.313. The van der Waals surface area contributed by atoms with E-state index in [9.17, 15) is 4.39 Å². The Kier molecular flexibility index (Phi) is 4.09. The Morgan fingerprint density at radius 1 is 0.893 bits per heavy atom. The lowest BCUT2D eigenvalue weighted by Gasteiger charge is -2.33. The molecule has 7 heteroatoms. The molecule has 0 spiro atoms. The minimum Gasteiger partial charge on any atom is -0.454 e.